The summed E-state index contributed by atoms with van der Waals surface area (Å²) in [7, 11) is 0. The Kier molecular flexibility index (Phi) is 7.65. The molecule has 0 saturated heterocycles. The molecule has 1 saturated carbocycles. The molecule has 0 aliphatic heterocycles. The molecule has 1 aliphatic rings. The van der Waals surface area contributed by atoms with E-state index in [1.165, 1.54) is 0 Å². The first-order chi connectivity index (χ1) is 13.2. The Morgan fingerprint density at radius 2 is 2.00 bits per heavy atom. The fourth-order valence-electron chi connectivity index (χ4n) is 2.36. The van der Waals surface area contributed by atoms with E-state index in [4.69, 9.17) is 9.47 Å². The van der Waals surface area contributed by atoms with Crippen LogP contribution in [0.1, 0.15) is 62.0 Å². The molecule has 1 amide bonds. The van der Waals surface area contributed by atoms with Crippen molar-refractivity contribution in [1.29, 1.82) is 0 Å². The third-order valence-corrected chi connectivity index (χ3v) is 4.28. The predicted molar refractivity (Wildman–Crippen MR) is 94.9 cm³/mol. The average molecular weight is 402 g/mol. The van der Waals surface area contributed by atoms with Gasteiger partial charge in [0.15, 0.2) is 0 Å². The van der Waals surface area contributed by atoms with E-state index in [1.807, 2.05) is 6.92 Å². The Labute approximate surface area is 161 Å². The van der Waals surface area contributed by atoms with E-state index in [9.17, 15) is 22.8 Å². The molecule has 0 aromatic carbocycles. The van der Waals surface area contributed by atoms with Gasteiger partial charge in [-0.25, -0.2) is 4.98 Å². The molecule has 1 atom stereocenters. The van der Waals surface area contributed by atoms with Crippen molar-refractivity contribution in [2.45, 2.75) is 58.2 Å². The van der Waals surface area contributed by atoms with Crippen molar-refractivity contribution < 1.29 is 32.2 Å². The second-order valence-electron chi connectivity index (χ2n) is 6.81. The van der Waals surface area contributed by atoms with Gasteiger partial charge in [-0.05, 0) is 43.7 Å². The molecule has 0 radical (unpaired) electrons. The van der Waals surface area contributed by atoms with Gasteiger partial charge in [0.05, 0.1) is 12.6 Å². The number of ether oxygens (including phenoxy) is 2. The normalized spacial score (nSPS) is 15.0. The molecule has 0 spiro atoms. The number of nitrogens with one attached hydrogen (secondary N) is 1. The van der Waals surface area contributed by atoms with Crippen LogP contribution in [-0.2, 0) is 15.7 Å². The maximum Gasteiger partial charge on any atom is 0.421 e. The Balaban J connectivity index is 2.06. The molecule has 1 aromatic rings. The Bertz CT molecular complexity index is 690. The van der Waals surface area contributed by atoms with Gasteiger partial charge in [-0.2, -0.15) is 13.2 Å². The minimum Gasteiger partial charge on any atom is -0.477 e. The van der Waals surface area contributed by atoms with Crippen molar-refractivity contribution in [2.24, 2.45) is 5.92 Å². The van der Waals surface area contributed by atoms with Crippen LogP contribution < -0.4 is 10.1 Å². The number of pyridine rings is 1. The zero-order valence-corrected chi connectivity index (χ0v) is 16.0. The molecule has 1 heterocycles. The highest BCUT2D eigenvalue weighted by Crippen LogP contribution is 2.36. The zero-order valence-electron chi connectivity index (χ0n) is 16.0. The Morgan fingerprint density at radius 3 is 2.57 bits per heavy atom. The number of carbonyl (C=O) groups excluding carboxylic acids is 2. The van der Waals surface area contributed by atoms with E-state index in [-0.39, 0.29) is 37.2 Å². The molecule has 0 bridgehead atoms. The van der Waals surface area contributed by atoms with Gasteiger partial charge in [0.25, 0.3) is 5.91 Å². The molecule has 6 nitrogen and oxygen atoms in total. The minimum atomic E-state index is -4.62. The maximum absolute atomic E-state index is 13.2. The first-order valence-electron chi connectivity index (χ1n) is 9.42. The number of hydrogen-bond acceptors (Lipinski definition) is 5. The SMILES string of the molecule is CCCC(=O)OCC(CC)NC(=O)c1ccc(C(F)(F)F)c(OCC2CC2)n1. The predicted octanol–water partition coefficient (Wildman–Crippen LogP) is 3.74. The number of carbonyl (C=O) groups is 2. The van der Waals surface area contributed by atoms with Gasteiger partial charge in [-0.1, -0.05) is 13.8 Å². The van der Waals surface area contributed by atoms with Gasteiger partial charge in [0, 0.05) is 6.42 Å². The molecule has 156 valence electrons. The zero-order chi connectivity index (χ0) is 20.7. The summed E-state index contributed by atoms with van der Waals surface area (Å²) in [4.78, 5) is 27.6. The first kappa shape index (κ1) is 22.0. The van der Waals surface area contributed by atoms with Crippen LogP contribution in [0.2, 0.25) is 0 Å². The summed E-state index contributed by atoms with van der Waals surface area (Å²) >= 11 is 0. The monoisotopic (exact) mass is 402 g/mol. The molecule has 1 unspecified atom stereocenters. The molecule has 1 aromatic heterocycles. The maximum atomic E-state index is 13.2. The Hall–Kier alpha value is -2.32. The van der Waals surface area contributed by atoms with Crippen molar-refractivity contribution in [2.75, 3.05) is 13.2 Å². The van der Waals surface area contributed by atoms with E-state index >= 15 is 0 Å². The number of nitrogens with zero attached hydrogens (tertiary/aromatic N) is 1. The largest absolute Gasteiger partial charge is 0.477 e. The van der Waals surface area contributed by atoms with Crippen LogP contribution in [0.4, 0.5) is 13.2 Å². The quantitative estimate of drug-likeness (QED) is 0.604. The van der Waals surface area contributed by atoms with Gasteiger partial charge in [-0.15, -0.1) is 0 Å². The Morgan fingerprint density at radius 1 is 1.29 bits per heavy atom. The van der Waals surface area contributed by atoms with E-state index in [0.29, 0.717) is 12.8 Å². The number of rotatable bonds is 10. The highest BCUT2D eigenvalue weighted by Gasteiger charge is 2.36. The van der Waals surface area contributed by atoms with E-state index in [1.54, 1.807) is 6.92 Å². The van der Waals surface area contributed by atoms with Gasteiger partial charge in [0.1, 0.15) is 17.9 Å². The molecule has 28 heavy (non-hydrogen) atoms. The second kappa shape index (κ2) is 9.75. The van der Waals surface area contributed by atoms with Crippen LogP contribution in [0.25, 0.3) is 0 Å². The fourth-order valence-corrected chi connectivity index (χ4v) is 2.36. The summed E-state index contributed by atoms with van der Waals surface area (Å²) in [5.74, 6) is -1.36. The van der Waals surface area contributed by atoms with E-state index < -0.39 is 29.6 Å². The standard InChI is InChI=1S/C19H25F3N2O4/c1-3-5-16(25)27-11-13(4-2)23-17(26)15-9-8-14(19(20,21)22)18(24-15)28-10-12-6-7-12/h8-9,12-13H,3-7,10-11H2,1-2H3,(H,23,26). The lowest BCUT2D eigenvalue weighted by molar-refractivity contribution is -0.144. The van der Waals surface area contributed by atoms with Crippen LogP contribution in [0, 0.1) is 5.92 Å². The number of halogens is 3. The van der Waals surface area contributed by atoms with Crippen LogP contribution in [-0.4, -0.2) is 36.1 Å². The molecular weight excluding hydrogens is 377 g/mol. The summed E-state index contributed by atoms with van der Waals surface area (Å²) < 4.78 is 49.8. The van der Waals surface area contributed by atoms with Crippen LogP contribution in [0.5, 0.6) is 5.88 Å². The average Bonchev–Trinajstić information content (AvgIpc) is 3.46. The molecule has 9 heteroatoms. The number of esters is 1. The summed E-state index contributed by atoms with van der Waals surface area (Å²) in [5, 5.41) is 2.63. The smallest absolute Gasteiger partial charge is 0.421 e. The van der Waals surface area contributed by atoms with Crippen LogP contribution in [0.15, 0.2) is 12.1 Å². The van der Waals surface area contributed by atoms with Crippen molar-refractivity contribution in [3.05, 3.63) is 23.4 Å². The topological polar surface area (TPSA) is 77.5 Å². The summed E-state index contributed by atoms with van der Waals surface area (Å²) in [6.07, 6.45) is -1.38. The summed E-state index contributed by atoms with van der Waals surface area (Å²) in [6.45, 7) is 3.78. The highest BCUT2D eigenvalue weighted by molar-refractivity contribution is 5.92. The number of aromatic nitrogens is 1. The number of hydrogen-bond donors (Lipinski definition) is 1. The summed E-state index contributed by atoms with van der Waals surface area (Å²) in [6, 6.07) is 1.35. The van der Waals surface area contributed by atoms with Crippen molar-refractivity contribution >= 4 is 11.9 Å². The summed E-state index contributed by atoms with van der Waals surface area (Å²) in [5.41, 5.74) is -1.19. The third-order valence-electron chi connectivity index (χ3n) is 4.28. The first-order valence-corrected chi connectivity index (χ1v) is 9.42. The lowest BCUT2D eigenvalue weighted by atomic mass is 10.2. The highest BCUT2D eigenvalue weighted by atomic mass is 19.4. The van der Waals surface area contributed by atoms with E-state index in [0.717, 1.165) is 25.0 Å². The lowest BCUT2D eigenvalue weighted by Crippen LogP contribution is -2.38. The van der Waals surface area contributed by atoms with Gasteiger partial charge < -0.3 is 14.8 Å². The van der Waals surface area contributed by atoms with E-state index in [2.05, 4.69) is 10.3 Å². The molecule has 1 N–H and O–H groups in total. The molecular formula is C19H25F3N2O4. The van der Waals surface area contributed by atoms with Gasteiger partial charge in [-0.3, -0.25) is 9.59 Å². The molecule has 1 fully saturated rings. The third kappa shape index (κ3) is 6.69. The molecule has 1 aliphatic carbocycles. The van der Waals surface area contributed by atoms with Gasteiger partial charge >= 0.3 is 12.1 Å². The van der Waals surface area contributed by atoms with Crippen LogP contribution >= 0.6 is 0 Å². The van der Waals surface area contributed by atoms with Crippen molar-refractivity contribution in [1.82, 2.24) is 10.3 Å². The lowest BCUT2D eigenvalue weighted by Gasteiger charge is -2.18. The number of amides is 1. The fraction of sp³-hybridized carbons (Fsp3) is 0.632. The minimum absolute atomic E-state index is 0.00720. The van der Waals surface area contributed by atoms with Crippen LogP contribution in [0.3, 0.4) is 0 Å². The second-order valence-corrected chi connectivity index (χ2v) is 6.81. The number of alkyl halides is 3. The van der Waals surface area contributed by atoms with Gasteiger partial charge in [0.2, 0.25) is 5.88 Å². The molecule has 2 rings (SSSR count). The van der Waals surface area contributed by atoms with Crippen molar-refractivity contribution in [3.8, 4) is 5.88 Å². The van der Waals surface area contributed by atoms with Crippen molar-refractivity contribution in [3.63, 3.8) is 0 Å².